The van der Waals surface area contributed by atoms with Crippen LogP contribution in [0, 0.1) is 34.5 Å². The molecule has 0 spiro atoms. The summed E-state index contributed by atoms with van der Waals surface area (Å²) >= 11 is 0. The minimum Gasteiger partial charge on any atom is -0.300 e. The molecule has 4 rings (SSSR count). The number of Topliss-reactive ketones (excluding diaryl/α,β-unsaturated/α-hetero) is 1. The Morgan fingerprint density at radius 1 is 1.20 bits per heavy atom. The van der Waals surface area contributed by atoms with Crippen molar-refractivity contribution in [3.63, 3.8) is 0 Å². The molecule has 3 saturated carbocycles. The summed E-state index contributed by atoms with van der Waals surface area (Å²) in [6.45, 7) is 4.44. The second kappa shape index (κ2) is 4.21. The van der Waals surface area contributed by atoms with Gasteiger partial charge in [0.25, 0.3) is 0 Å². The van der Waals surface area contributed by atoms with E-state index in [1.807, 2.05) is 0 Å². The SMILES string of the molecule is [2H]C1([2H])C[C@]2(C)C3CC[C@]4(C)C=CCC4C3CC[C@H]2C([2H])([2H])C1=O. The molecule has 0 aromatic rings. The van der Waals surface area contributed by atoms with E-state index in [1.165, 1.54) is 0 Å². The molecule has 0 amide bonds. The molecule has 110 valence electrons. The summed E-state index contributed by atoms with van der Waals surface area (Å²) in [7, 11) is 0. The Labute approximate surface area is 128 Å². The van der Waals surface area contributed by atoms with Crippen molar-refractivity contribution in [1.82, 2.24) is 0 Å². The zero-order chi connectivity index (χ0) is 17.5. The van der Waals surface area contributed by atoms with E-state index < -0.39 is 23.9 Å². The molecule has 0 N–H and O–H groups in total. The summed E-state index contributed by atoms with van der Waals surface area (Å²) in [5, 5.41) is 0. The quantitative estimate of drug-likeness (QED) is 0.583. The third-order valence-corrected chi connectivity index (χ3v) is 7.13. The fourth-order valence-electron chi connectivity index (χ4n) is 5.91. The highest BCUT2D eigenvalue weighted by molar-refractivity contribution is 5.79. The van der Waals surface area contributed by atoms with Crippen LogP contribution in [0.15, 0.2) is 12.2 Å². The molecule has 0 aromatic carbocycles. The van der Waals surface area contributed by atoms with Crippen LogP contribution in [0.25, 0.3) is 0 Å². The second-order valence-electron chi connectivity index (χ2n) is 8.02. The van der Waals surface area contributed by atoms with Gasteiger partial charge in [0.2, 0.25) is 0 Å². The lowest BCUT2D eigenvalue weighted by molar-refractivity contribution is -0.136. The fraction of sp³-hybridized carbons (Fsp3) is 0.842. The molecule has 0 bridgehead atoms. The van der Waals surface area contributed by atoms with Crippen LogP contribution in [0.2, 0.25) is 0 Å². The van der Waals surface area contributed by atoms with E-state index in [4.69, 9.17) is 5.48 Å². The molecule has 0 aliphatic heterocycles. The van der Waals surface area contributed by atoms with Crippen LogP contribution in [0.4, 0.5) is 0 Å². The minimum absolute atomic E-state index is 0.195. The molecule has 3 fully saturated rings. The second-order valence-corrected chi connectivity index (χ2v) is 8.02. The van der Waals surface area contributed by atoms with E-state index >= 15 is 0 Å². The Balaban J connectivity index is 1.74. The molecule has 20 heavy (non-hydrogen) atoms. The molecule has 0 saturated heterocycles. The predicted octanol–water partition coefficient (Wildman–Crippen LogP) is 4.76. The molecule has 1 heteroatoms. The van der Waals surface area contributed by atoms with Gasteiger partial charge in [-0.1, -0.05) is 26.0 Å². The van der Waals surface area contributed by atoms with Crippen LogP contribution in [0.5, 0.6) is 0 Å². The Bertz CT molecular complexity index is 612. The molecule has 6 atom stereocenters. The number of carbonyl (C=O) groups excluding carboxylic acids is 1. The van der Waals surface area contributed by atoms with Gasteiger partial charge in [0.05, 0.1) is 0 Å². The molecule has 4 aliphatic rings. The normalized spacial score (nSPS) is 62.2. The topological polar surface area (TPSA) is 17.1 Å². The minimum atomic E-state index is -2.04. The Morgan fingerprint density at radius 3 is 2.90 bits per heavy atom. The van der Waals surface area contributed by atoms with E-state index in [0.717, 1.165) is 32.1 Å². The van der Waals surface area contributed by atoms with Gasteiger partial charge >= 0.3 is 0 Å². The molecule has 0 aromatic heterocycles. The number of carbonyl (C=O) groups is 1. The van der Waals surface area contributed by atoms with Crippen molar-refractivity contribution in [2.45, 2.75) is 65.1 Å². The summed E-state index contributed by atoms with van der Waals surface area (Å²) < 4.78 is 33.2. The van der Waals surface area contributed by atoms with E-state index in [0.29, 0.717) is 17.8 Å². The van der Waals surface area contributed by atoms with Crippen molar-refractivity contribution in [3.8, 4) is 0 Å². The standard InChI is InChI=1S/C19H28O/c1-18-9-3-4-16(18)15-6-5-13-12-14(20)7-11-19(13,2)17(15)8-10-18/h3,9,13,15-17H,4-8,10-12H2,1-2H3/t13-,15?,16?,17?,18-,19-/m0/s1/i7D2,12D2. The van der Waals surface area contributed by atoms with Gasteiger partial charge in [0, 0.05) is 18.2 Å². The average Bonchev–Trinajstić information content (AvgIpc) is 2.86. The van der Waals surface area contributed by atoms with Gasteiger partial charge in [0.1, 0.15) is 5.78 Å². The van der Waals surface area contributed by atoms with E-state index in [9.17, 15) is 4.79 Å². The summed E-state index contributed by atoms with van der Waals surface area (Å²) in [6, 6.07) is 0. The van der Waals surface area contributed by atoms with Crippen LogP contribution >= 0.6 is 0 Å². The summed E-state index contributed by atoms with van der Waals surface area (Å²) in [6.07, 6.45) is 5.78. The molecule has 3 unspecified atom stereocenters. The van der Waals surface area contributed by atoms with Crippen LogP contribution in [-0.4, -0.2) is 5.78 Å². The number of allylic oxidation sites excluding steroid dienone is 2. The Morgan fingerprint density at radius 2 is 2.05 bits per heavy atom. The maximum atomic E-state index is 12.4. The highest BCUT2D eigenvalue weighted by Crippen LogP contribution is 2.64. The van der Waals surface area contributed by atoms with Crippen LogP contribution in [0.3, 0.4) is 0 Å². The Kier molecular flexibility index (Phi) is 1.99. The van der Waals surface area contributed by atoms with Crippen molar-refractivity contribution in [2.75, 3.05) is 0 Å². The lowest BCUT2D eigenvalue weighted by Gasteiger charge is -2.59. The lowest BCUT2D eigenvalue weighted by atomic mass is 9.45. The largest absolute Gasteiger partial charge is 0.300 e. The first-order valence-electron chi connectivity index (χ1n) is 10.2. The van der Waals surface area contributed by atoms with Crippen LogP contribution < -0.4 is 0 Å². The molecule has 0 heterocycles. The number of hydrogen-bond acceptors (Lipinski definition) is 1. The number of hydrogen-bond donors (Lipinski definition) is 0. The average molecular weight is 276 g/mol. The van der Waals surface area contributed by atoms with Gasteiger partial charge in [-0.3, -0.25) is 4.79 Å². The van der Waals surface area contributed by atoms with Crippen molar-refractivity contribution in [1.29, 1.82) is 0 Å². The van der Waals surface area contributed by atoms with Crippen molar-refractivity contribution < 1.29 is 10.3 Å². The van der Waals surface area contributed by atoms with E-state index in [2.05, 4.69) is 26.0 Å². The first-order valence-corrected chi connectivity index (χ1v) is 8.25. The van der Waals surface area contributed by atoms with Crippen LogP contribution in [0.1, 0.15) is 70.6 Å². The van der Waals surface area contributed by atoms with E-state index in [-0.39, 0.29) is 17.8 Å². The molecular weight excluding hydrogens is 244 g/mol. The zero-order valence-corrected chi connectivity index (χ0v) is 12.6. The van der Waals surface area contributed by atoms with Gasteiger partial charge in [0.15, 0.2) is 0 Å². The van der Waals surface area contributed by atoms with Crippen molar-refractivity contribution in [2.24, 2.45) is 34.5 Å². The highest BCUT2D eigenvalue weighted by Gasteiger charge is 2.56. The third kappa shape index (κ3) is 1.64. The van der Waals surface area contributed by atoms with Gasteiger partial charge in [-0.15, -0.1) is 0 Å². The predicted molar refractivity (Wildman–Crippen MR) is 81.3 cm³/mol. The Hall–Kier alpha value is -0.590. The zero-order valence-electron chi connectivity index (χ0n) is 16.6. The molecule has 1 nitrogen and oxygen atoms in total. The highest BCUT2D eigenvalue weighted by atomic mass is 16.1. The molecule has 4 aliphatic carbocycles. The monoisotopic (exact) mass is 276 g/mol. The van der Waals surface area contributed by atoms with E-state index in [1.54, 1.807) is 0 Å². The summed E-state index contributed by atoms with van der Waals surface area (Å²) in [5.74, 6) is 0.344. The van der Waals surface area contributed by atoms with Gasteiger partial charge in [-0.25, -0.2) is 0 Å². The maximum Gasteiger partial charge on any atom is 0.133 e. The number of rotatable bonds is 0. The molecule has 0 radical (unpaired) electrons. The van der Waals surface area contributed by atoms with Gasteiger partial charge in [-0.2, -0.15) is 0 Å². The lowest BCUT2D eigenvalue weighted by Crippen LogP contribution is -2.52. The van der Waals surface area contributed by atoms with Crippen molar-refractivity contribution in [3.05, 3.63) is 12.2 Å². The smallest absolute Gasteiger partial charge is 0.133 e. The summed E-state index contributed by atoms with van der Waals surface area (Å²) in [5.41, 5.74) is -0.138. The summed E-state index contributed by atoms with van der Waals surface area (Å²) in [4.78, 5) is 12.4. The fourth-order valence-corrected chi connectivity index (χ4v) is 5.91. The van der Waals surface area contributed by atoms with Crippen LogP contribution in [-0.2, 0) is 4.79 Å². The third-order valence-electron chi connectivity index (χ3n) is 7.13. The van der Waals surface area contributed by atoms with Gasteiger partial charge in [-0.05, 0) is 73.0 Å². The number of fused-ring (bicyclic) bond motifs is 5. The first-order chi connectivity index (χ1) is 11.0. The number of ketones is 1. The van der Waals surface area contributed by atoms with Gasteiger partial charge < -0.3 is 0 Å². The molecular formula is C19H28O. The first kappa shape index (κ1) is 9.43. The maximum absolute atomic E-state index is 12.4. The van der Waals surface area contributed by atoms with Crippen molar-refractivity contribution >= 4 is 5.78 Å².